The Hall–Kier alpha value is 18.3. The molecule has 0 bridgehead atoms. The molecule has 0 aliphatic carbocycles. The topological polar surface area (TPSA) is 0 Å². The van der Waals surface area contributed by atoms with Crippen LogP contribution in [0.4, 0.5) is 0 Å². The summed E-state index contributed by atoms with van der Waals surface area (Å²) in [7, 11) is 0. The average Bonchev–Trinajstić information content (AvgIpc) is 0. The molecular weight excluding hydrogens is 1890 g/mol. The van der Waals surface area contributed by atoms with Crippen molar-refractivity contribution in [1.29, 1.82) is 0 Å². The summed E-state index contributed by atoms with van der Waals surface area (Å²) in [5.41, 5.74) is 0. The van der Waals surface area contributed by atoms with Gasteiger partial charge in [-0.1, -0.05) is 0 Å². The molecule has 0 saturated heterocycles. The fraction of sp³-hybridized carbons (Fsp3) is 0. The molecule has 0 saturated carbocycles. The summed E-state index contributed by atoms with van der Waals surface area (Å²) in [6.45, 7) is 0. The summed E-state index contributed by atoms with van der Waals surface area (Å²) >= 11 is 0. The molecule has 0 rings (SSSR count). The summed E-state index contributed by atoms with van der Waals surface area (Å²) in [6, 6.07) is 0. The zero-order valence-electron chi connectivity index (χ0n) is 22.4. The number of hydrogen-bond donors (Lipinski definition) is 0. The third-order valence-corrected chi connectivity index (χ3v) is 0. The quantitative estimate of drug-likeness (QED) is 0.286. The van der Waals surface area contributed by atoms with Gasteiger partial charge in [0.2, 0.25) is 0 Å². The second kappa shape index (κ2) is 1010. The first-order chi connectivity index (χ1) is 0. The maximum Gasteiger partial charge on any atom is 2.00 e. The van der Waals surface area contributed by atoms with Crippen LogP contribution in [0.25, 0.3) is 0 Å². The smallest absolute Gasteiger partial charge is 1.00 e. The minimum atomic E-state index is 0. The summed E-state index contributed by atoms with van der Waals surface area (Å²) < 4.78 is 0. The van der Waals surface area contributed by atoms with Gasteiger partial charge in [0.15, 0.2) is 0 Å². The van der Waals surface area contributed by atoms with Gasteiger partial charge in [0.25, 0.3) is 0 Å². The van der Waals surface area contributed by atoms with E-state index in [2.05, 4.69) is 0 Å². The van der Waals surface area contributed by atoms with Crippen LogP contribution >= 0.6 is 546 Å². The third-order valence-electron chi connectivity index (χ3n) is 0. The molecule has 0 amide bonds. The van der Waals surface area contributed by atoms with Crippen LogP contribution in [0.2, 0.25) is 0 Å². The monoisotopic (exact) mass is 1910 g/mol. The Bertz CT molecular complexity index is 16.6. The molecule has 0 nitrogen and oxygen atoms in total. The van der Waals surface area contributed by atoms with Crippen molar-refractivity contribution in [2.75, 3.05) is 0 Å². The maximum atomic E-state index is 0. The number of hydrogen-bond acceptors (Lipinski definition) is 0. The SMILES string of the molecule is Cl.Cl.Cl.Cl.Cl.Cl.Cl.Cl.Cl.Cl.Cl.Cl.Cl.Cl.Cl.Cl.Cl.Cl.Cl.Cl.Cl.Cl.Cl.Cl.Cl.Cl.Cl.Cl.Cl.Cl.Cl.Cl.Cl.Cl.Cl.Cl.Cl.Cl.Cl.Cl.Cl.Cl.Cl.Cl.[Ca+2].[Ca+2].[Ca+2].[Cl-].[Cl-].[Cl-].[Cl-].[Cl-].[Cl-]. The van der Waals surface area contributed by atoms with Crippen molar-refractivity contribution in [2.24, 2.45) is 0 Å². The van der Waals surface area contributed by atoms with Crippen LogP contribution in [0.15, 0.2) is 0 Å². The molecule has 0 aromatic carbocycles. The van der Waals surface area contributed by atoms with Gasteiger partial charge in [-0.15, -0.1) is 546 Å². The van der Waals surface area contributed by atoms with E-state index in [1.165, 1.54) is 0 Å². The summed E-state index contributed by atoms with van der Waals surface area (Å²) in [6.07, 6.45) is 0. The molecule has 0 fully saturated rings. The van der Waals surface area contributed by atoms with Crippen LogP contribution in [-0.2, 0) is 0 Å². The zero-order valence-corrected chi connectivity index (χ0v) is 69.4. The predicted molar refractivity (Wildman–Crippen MR) is 336 cm³/mol. The van der Waals surface area contributed by atoms with Crippen LogP contribution in [-0.4, -0.2) is 113 Å². The summed E-state index contributed by atoms with van der Waals surface area (Å²) in [5.74, 6) is 0. The van der Waals surface area contributed by atoms with E-state index in [-0.39, 0.29) is 734 Å². The molecule has 0 aliphatic heterocycles. The second-order valence-electron chi connectivity index (χ2n) is 0. The number of halogens is 50. The zero-order chi connectivity index (χ0) is 0. The van der Waals surface area contributed by atoms with Gasteiger partial charge in [0.1, 0.15) is 0 Å². The fourth-order valence-electron chi connectivity index (χ4n) is 0. The molecule has 0 aromatic heterocycles. The van der Waals surface area contributed by atoms with Gasteiger partial charge >= 0.3 is 113 Å². The van der Waals surface area contributed by atoms with E-state index in [4.69, 9.17) is 0 Å². The van der Waals surface area contributed by atoms with E-state index in [9.17, 15) is 0 Å². The molecule has 0 N–H and O–H groups in total. The minimum absolute atomic E-state index is 0. The first kappa shape index (κ1) is 1050. The minimum Gasteiger partial charge on any atom is -1.00 e. The Morgan fingerprint density at radius 2 is 0.0566 bits per heavy atom. The Morgan fingerprint density at radius 1 is 0.0566 bits per heavy atom. The first-order valence-corrected chi connectivity index (χ1v) is 0. The van der Waals surface area contributed by atoms with Crippen molar-refractivity contribution in [2.45, 2.75) is 0 Å². The van der Waals surface area contributed by atoms with Gasteiger partial charge < -0.3 is 74.4 Å². The summed E-state index contributed by atoms with van der Waals surface area (Å²) in [4.78, 5) is 0. The van der Waals surface area contributed by atoms with Crippen LogP contribution in [0.1, 0.15) is 0 Å². The molecule has 0 atom stereocenters. The Balaban J connectivity index is 0. The summed E-state index contributed by atoms with van der Waals surface area (Å²) in [5, 5.41) is 0. The van der Waals surface area contributed by atoms with Gasteiger partial charge in [-0.05, 0) is 0 Å². The fourth-order valence-corrected chi connectivity index (χ4v) is 0. The normalized spacial score (nSPS) is 0. The predicted octanol–water partition coefficient (Wildman–Crippen LogP) is -0.559. The maximum absolute atomic E-state index is 0. The van der Waals surface area contributed by atoms with Gasteiger partial charge in [0, 0.05) is 0 Å². The van der Waals surface area contributed by atoms with Crippen molar-refractivity contribution in [3.05, 3.63) is 0 Å². The standard InChI is InChI=1S/3Ca.50ClH/h;;;50*1H/q3*+2;;;;;;;;;;;;;;;;;;;;;;;;;;;;;;;;;;;;;;;;;;;;;;;;;;/p-6. The molecule has 53 heavy (non-hydrogen) atoms. The molecule has 0 radical (unpaired) electrons. The van der Waals surface area contributed by atoms with Crippen LogP contribution in [0.3, 0.4) is 0 Å². The van der Waals surface area contributed by atoms with E-state index in [0.29, 0.717) is 0 Å². The van der Waals surface area contributed by atoms with E-state index in [1.54, 1.807) is 0 Å². The van der Waals surface area contributed by atoms with E-state index >= 15 is 0 Å². The molecule has 0 heterocycles. The Labute approximate surface area is 717 Å². The molecule has 400 valence electrons. The number of rotatable bonds is 0. The van der Waals surface area contributed by atoms with E-state index in [0.717, 1.165) is 0 Å². The van der Waals surface area contributed by atoms with Crippen LogP contribution < -0.4 is 74.4 Å². The van der Waals surface area contributed by atoms with Crippen molar-refractivity contribution >= 4 is 659 Å². The van der Waals surface area contributed by atoms with Crippen LogP contribution in [0.5, 0.6) is 0 Å². The van der Waals surface area contributed by atoms with E-state index < -0.39 is 0 Å². The van der Waals surface area contributed by atoms with Crippen LogP contribution in [0, 0.1) is 0 Å². The largest absolute Gasteiger partial charge is 2.00 e. The van der Waals surface area contributed by atoms with Gasteiger partial charge in [-0.3, -0.25) is 0 Å². The molecule has 0 spiro atoms. The third kappa shape index (κ3) is 981. The van der Waals surface area contributed by atoms with E-state index in [1.807, 2.05) is 0 Å². The van der Waals surface area contributed by atoms with Gasteiger partial charge in [-0.2, -0.15) is 0 Å². The second-order valence-corrected chi connectivity index (χ2v) is 0. The molecule has 0 aliphatic rings. The Kier molecular flexibility index (Phi) is 20100. The molecule has 0 aromatic rings. The average molecular weight is 1940 g/mol. The van der Waals surface area contributed by atoms with Gasteiger partial charge in [-0.25, -0.2) is 0 Å². The first-order valence-electron chi connectivity index (χ1n) is 0. The molecule has 53 heteroatoms. The van der Waals surface area contributed by atoms with Crippen molar-refractivity contribution in [3.63, 3.8) is 0 Å². The van der Waals surface area contributed by atoms with Crippen molar-refractivity contribution in [3.8, 4) is 0 Å². The van der Waals surface area contributed by atoms with Gasteiger partial charge in [0.05, 0.1) is 0 Å². The molecular formula is H44Ca3Cl50. The van der Waals surface area contributed by atoms with Crippen molar-refractivity contribution < 1.29 is 74.4 Å². The van der Waals surface area contributed by atoms with Crippen molar-refractivity contribution in [1.82, 2.24) is 0 Å². The Morgan fingerprint density at radius 3 is 0.0566 bits per heavy atom. The molecule has 0 unspecified atom stereocenters.